The summed E-state index contributed by atoms with van der Waals surface area (Å²) < 4.78 is 6.79. The van der Waals surface area contributed by atoms with Gasteiger partial charge in [-0.25, -0.2) is 0 Å². The van der Waals surface area contributed by atoms with Crippen molar-refractivity contribution in [3.05, 3.63) is 80.1 Å². The summed E-state index contributed by atoms with van der Waals surface area (Å²) in [5.41, 5.74) is 0.891. The predicted octanol–water partition coefficient (Wildman–Crippen LogP) is 3.75. The second kappa shape index (κ2) is 8.39. The summed E-state index contributed by atoms with van der Waals surface area (Å²) in [7, 11) is 0. The average molecular weight is 411 g/mol. The van der Waals surface area contributed by atoms with E-state index in [0.717, 1.165) is 16.4 Å². The molecule has 0 fully saturated rings. The molecule has 154 valence electrons. The minimum atomic E-state index is -0.599. The van der Waals surface area contributed by atoms with Crippen molar-refractivity contribution in [1.82, 2.24) is 9.78 Å². The van der Waals surface area contributed by atoms with E-state index in [4.69, 9.17) is 4.74 Å². The number of hydrogen-bond donors (Lipinski definition) is 1. The average Bonchev–Trinajstić information content (AvgIpc) is 3.03. The smallest absolute Gasteiger partial charge is 0.309 e. The van der Waals surface area contributed by atoms with Crippen LogP contribution in [0.1, 0.15) is 11.3 Å². The molecule has 11 heteroatoms. The van der Waals surface area contributed by atoms with Gasteiger partial charge in [0.2, 0.25) is 5.91 Å². The Morgan fingerprint density at radius 1 is 1.07 bits per heavy atom. The molecule has 3 rings (SSSR count). The Balaban J connectivity index is 1.78. The predicted molar refractivity (Wildman–Crippen MR) is 107 cm³/mol. The number of rotatable bonds is 7. The molecule has 0 saturated heterocycles. The van der Waals surface area contributed by atoms with Crippen molar-refractivity contribution in [2.24, 2.45) is 0 Å². The Hall–Kier alpha value is -4.28. The molecule has 0 spiro atoms. The number of hydrogen-bond acceptors (Lipinski definition) is 7. The molecule has 30 heavy (non-hydrogen) atoms. The Bertz CT molecular complexity index is 1120. The third-order valence-corrected chi connectivity index (χ3v) is 4.07. The number of ether oxygens (including phenoxy) is 1. The highest BCUT2D eigenvalue weighted by Gasteiger charge is 2.18. The van der Waals surface area contributed by atoms with Crippen LogP contribution in [-0.2, 0) is 11.3 Å². The number of nitro benzene ring substituents is 1. The first-order valence-corrected chi connectivity index (χ1v) is 8.73. The van der Waals surface area contributed by atoms with Crippen LogP contribution in [0, 0.1) is 34.1 Å². The van der Waals surface area contributed by atoms with E-state index in [-0.39, 0.29) is 35.1 Å². The van der Waals surface area contributed by atoms with Crippen molar-refractivity contribution >= 4 is 23.0 Å². The normalized spacial score (nSPS) is 10.5. The molecule has 0 saturated carbocycles. The third-order valence-electron chi connectivity index (χ3n) is 4.07. The molecular formula is C19H17N5O6. The van der Waals surface area contributed by atoms with Gasteiger partial charge in [-0.1, -0.05) is 17.7 Å². The molecule has 1 amide bonds. The largest absolute Gasteiger partial charge is 0.457 e. The number of nitrogens with zero attached hydrogens (tertiary/aromatic N) is 4. The van der Waals surface area contributed by atoms with Gasteiger partial charge in [0.05, 0.1) is 21.6 Å². The number of carbonyl (C=O) groups is 1. The molecule has 0 atom stereocenters. The maximum atomic E-state index is 12.3. The molecule has 11 nitrogen and oxygen atoms in total. The van der Waals surface area contributed by atoms with Gasteiger partial charge < -0.3 is 10.1 Å². The Kier molecular flexibility index (Phi) is 5.72. The molecule has 0 unspecified atom stereocenters. The SMILES string of the molecule is Cc1ccc(Oc2cc(NC(=O)Cn3cc([N+](=O)[O-])c(C)n3)cc([N+](=O)[O-])c2)cc1. The van der Waals surface area contributed by atoms with Gasteiger partial charge in [0, 0.05) is 12.1 Å². The fourth-order valence-electron chi connectivity index (χ4n) is 2.68. The van der Waals surface area contributed by atoms with E-state index in [9.17, 15) is 25.0 Å². The van der Waals surface area contributed by atoms with Crippen LogP contribution in [0.4, 0.5) is 17.1 Å². The molecule has 1 heterocycles. The van der Waals surface area contributed by atoms with Gasteiger partial charge in [-0.3, -0.25) is 29.7 Å². The van der Waals surface area contributed by atoms with Crippen LogP contribution >= 0.6 is 0 Å². The Morgan fingerprint density at radius 3 is 2.37 bits per heavy atom. The highest BCUT2D eigenvalue weighted by Crippen LogP contribution is 2.30. The number of nitro groups is 2. The van der Waals surface area contributed by atoms with Gasteiger partial charge >= 0.3 is 5.69 Å². The zero-order valence-electron chi connectivity index (χ0n) is 16.1. The van der Waals surface area contributed by atoms with E-state index in [2.05, 4.69) is 10.4 Å². The topological polar surface area (TPSA) is 142 Å². The first-order valence-electron chi connectivity index (χ1n) is 8.73. The summed E-state index contributed by atoms with van der Waals surface area (Å²) in [5.74, 6) is 0.0980. The van der Waals surface area contributed by atoms with Crippen LogP contribution < -0.4 is 10.1 Å². The summed E-state index contributed by atoms with van der Waals surface area (Å²) in [6.45, 7) is 3.08. The lowest BCUT2D eigenvalue weighted by atomic mass is 10.2. The van der Waals surface area contributed by atoms with Crippen LogP contribution in [0.2, 0.25) is 0 Å². The minimum absolute atomic E-state index is 0.148. The second-order valence-electron chi connectivity index (χ2n) is 6.49. The number of aryl methyl sites for hydroxylation is 2. The van der Waals surface area contributed by atoms with Crippen molar-refractivity contribution in [1.29, 1.82) is 0 Å². The fourth-order valence-corrected chi connectivity index (χ4v) is 2.68. The van der Waals surface area contributed by atoms with E-state index in [1.807, 2.05) is 19.1 Å². The maximum Gasteiger partial charge on any atom is 0.309 e. The van der Waals surface area contributed by atoms with Gasteiger partial charge in [-0.15, -0.1) is 0 Å². The van der Waals surface area contributed by atoms with Crippen molar-refractivity contribution in [3.63, 3.8) is 0 Å². The zero-order valence-corrected chi connectivity index (χ0v) is 16.1. The van der Waals surface area contributed by atoms with E-state index in [1.54, 1.807) is 12.1 Å². The number of aromatic nitrogens is 2. The van der Waals surface area contributed by atoms with Crippen molar-refractivity contribution < 1.29 is 19.4 Å². The summed E-state index contributed by atoms with van der Waals surface area (Å²) >= 11 is 0. The standard InChI is InChI=1S/C19H17N5O6/c1-12-3-5-16(6-4-12)30-17-8-14(7-15(9-17)23(26)27)20-19(25)11-22-10-18(24(28)29)13(2)21-22/h3-10H,11H2,1-2H3,(H,20,25). The summed E-state index contributed by atoms with van der Waals surface area (Å²) in [6, 6.07) is 11.0. The van der Waals surface area contributed by atoms with Crippen molar-refractivity contribution in [2.75, 3.05) is 5.32 Å². The third kappa shape index (κ3) is 4.95. The van der Waals surface area contributed by atoms with E-state index >= 15 is 0 Å². The van der Waals surface area contributed by atoms with Crippen LogP contribution in [0.5, 0.6) is 11.5 Å². The number of amides is 1. The highest BCUT2D eigenvalue weighted by molar-refractivity contribution is 5.91. The quantitative estimate of drug-likeness (QED) is 0.461. The number of carbonyl (C=O) groups excluding carboxylic acids is 1. The number of benzene rings is 2. The fraction of sp³-hybridized carbons (Fsp3) is 0.158. The van der Waals surface area contributed by atoms with Crippen LogP contribution in [0.3, 0.4) is 0 Å². The van der Waals surface area contributed by atoms with Gasteiger partial charge in [0.25, 0.3) is 5.69 Å². The summed E-state index contributed by atoms with van der Waals surface area (Å²) in [6.07, 6.45) is 1.15. The summed E-state index contributed by atoms with van der Waals surface area (Å²) in [5, 5.41) is 28.6. The molecule has 0 aliphatic carbocycles. The van der Waals surface area contributed by atoms with Gasteiger partial charge in [0.15, 0.2) is 0 Å². The molecule has 3 aromatic rings. The second-order valence-corrected chi connectivity index (χ2v) is 6.49. The van der Waals surface area contributed by atoms with Gasteiger partial charge in [-0.2, -0.15) is 5.10 Å². The van der Waals surface area contributed by atoms with Crippen LogP contribution in [-0.4, -0.2) is 25.5 Å². The lowest BCUT2D eigenvalue weighted by Gasteiger charge is -2.10. The molecule has 0 aliphatic heterocycles. The lowest BCUT2D eigenvalue weighted by Crippen LogP contribution is -2.19. The van der Waals surface area contributed by atoms with Gasteiger partial charge in [-0.05, 0) is 26.0 Å². The number of nitrogens with one attached hydrogen (secondary N) is 1. The number of non-ortho nitro benzene ring substituents is 1. The molecule has 0 radical (unpaired) electrons. The van der Waals surface area contributed by atoms with Gasteiger partial charge in [0.1, 0.15) is 29.9 Å². The first-order chi connectivity index (χ1) is 14.2. The van der Waals surface area contributed by atoms with Crippen molar-refractivity contribution in [2.45, 2.75) is 20.4 Å². The molecule has 2 aromatic carbocycles. The minimum Gasteiger partial charge on any atom is -0.457 e. The zero-order chi connectivity index (χ0) is 21.8. The first kappa shape index (κ1) is 20.5. The van der Waals surface area contributed by atoms with Crippen LogP contribution in [0.25, 0.3) is 0 Å². The van der Waals surface area contributed by atoms with E-state index in [0.29, 0.717) is 5.75 Å². The lowest BCUT2D eigenvalue weighted by molar-refractivity contribution is -0.385. The maximum absolute atomic E-state index is 12.3. The summed E-state index contributed by atoms with van der Waals surface area (Å²) in [4.78, 5) is 33.3. The monoisotopic (exact) mass is 411 g/mol. The molecule has 0 bridgehead atoms. The van der Waals surface area contributed by atoms with Crippen molar-refractivity contribution in [3.8, 4) is 11.5 Å². The highest BCUT2D eigenvalue weighted by atomic mass is 16.6. The molecule has 1 N–H and O–H groups in total. The molecule has 1 aromatic heterocycles. The Morgan fingerprint density at radius 2 is 1.77 bits per heavy atom. The van der Waals surface area contributed by atoms with Crippen LogP contribution in [0.15, 0.2) is 48.7 Å². The molecule has 0 aliphatic rings. The number of anilines is 1. The molecular weight excluding hydrogens is 394 g/mol. The Labute approximate surface area is 170 Å². The van der Waals surface area contributed by atoms with E-state index < -0.39 is 15.8 Å². The van der Waals surface area contributed by atoms with E-state index in [1.165, 1.54) is 25.1 Å².